The first kappa shape index (κ1) is 21.4. The molecule has 0 unspecified atom stereocenters. The molecule has 0 aromatic heterocycles. The van der Waals surface area contributed by atoms with Crippen LogP contribution >= 0.6 is 0 Å². The number of anilines is 1. The SMILES string of the molecule is COC(=O)c1ccc2c(c1)N(CCNC(=O)OCc1ccccc1)C(=O)C(C)(C)C2. The van der Waals surface area contributed by atoms with Crippen LogP contribution in [0.15, 0.2) is 48.5 Å². The van der Waals surface area contributed by atoms with Gasteiger partial charge in [-0.1, -0.05) is 50.2 Å². The van der Waals surface area contributed by atoms with E-state index in [9.17, 15) is 14.4 Å². The number of hydrogen-bond donors (Lipinski definition) is 1. The lowest BCUT2D eigenvalue weighted by Gasteiger charge is -2.38. The Labute approximate surface area is 176 Å². The first-order valence-electron chi connectivity index (χ1n) is 9.79. The summed E-state index contributed by atoms with van der Waals surface area (Å²) in [6.07, 6.45) is 0.0252. The average molecular weight is 410 g/mol. The number of alkyl carbamates (subject to hydrolysis) is 1. The molecular weight excluding hydrogens is 384 g/mol. The second-order valence-corrected chi connectivity index (χ2v) is 7.84. The molecule has 0 radical (unpaired) electrons. The Balaban J connectivity index is 1.66. The van der Waals surface area contributed by atoms with Crippen molar-refractivity contribution in [1.82, 2.24) is 5.32 Å². The van der Waals surface area contributed by atoms with Crippen LogP contribution in [0.3, 0.4) is 0 Å². The maximum atomic E-state index is 13.0. The molecular formula is C23H26N2O5. The summed E-state index contributed by atoms with van der Waals surface area (Å²) in [5, 5.41) is 2.68. The van der Waals surface area contributed by atoms with Gasteiger partial charge in [-0.3, -0.25) is 4.79 Å². The Morgan fingerprint density at radius 2 is 1.87 bits per heavy atom. The van der Waals surface area contributed by atoms with Gasteiger partial charge < -0.3 is 19.7 Å². The zero-order valence-electron chi connectivity index (χ0n) is 17.4. The van der Waals surface area contributed by atoms with Gasteiger partial charge in [-0.2, -0.15) is 0 Å². The number of hydrogen-bond acceptors (Lipinski definition) is 5. The smallest absolute Gasteiger partial charge is 0.407 e. The van der Waals surface area contributed by atoms with Gasteiger partial charge in [0.05, 0.1) is 12.7 Å². The molecule has 0 saturated heterocycles. The van der Waals surface area contributed by atoms with E-state index in [1.807, 2.05) is 50.2 Å². The number of carbonyl (C=O) groups excluding carboxylic acids is 3. The zero-order chi connectivity index (χ0) is 21.7. The molecule has 0 aliphatic carbocycles. The monoisotopic (exact) mass is 410 g/mol. The summed E-state index contributed by atoms with van der Waals surface area (Å²) in [5.74, 6) is -0.519. The largest absolute Gasteiger partial charge is 0.465 e. The summed E-state index contributed by atoms with van der Waals surface area (Å²) < 4.78 is 10.00. The Kier molecular flexibility index (Phi) is 6.40. The highest BCUT2D eigenvalue weighted by molar-refractivity contribution is 6.01. The lowest BCUT2D eigenvalue weighted by molar-refractivity contribution is -0.127. The number of amides is 2. The van der Waals surface area contributed by atoms with Crippen LogP contribution in [-0.4, -0.2) is 38.2 Å². The van der Waals surface area contributed by atoms with Crippen molar-refractivity contribution in [3.63, 3.8) is 0 Å². The molecule has 0 bridgehead atoms. The van der Waals surface area contributed by atoms with Gasteiger partial charge in [-0.25, -0.2) is 9.59 Å². The van der Waals surface area contributed by atoms with E-state index < -0.39 is 17.5 Å². The first-order chi connectivity index (χ1) is 14.3. The predicted octanol–water partition coefficient (Wildman–Crippen LogP) is 3.31. The third-order valence-corrected chi connectivity index (χ3v) is 5.07. The standard InChI is InChI=1S/C23H26N2O5/c1-23(2)14-18-10-9-17(20(26)29-3)13-19(18)25(21(23)27)12-11-24-22(28)30-15-16-7-5-4-6-8-16/h4-10,13H,11-12,14-15H2,1-3H3,(H,24,28). The molecule has 1 aliphatic heterocycles. The number of esters is 1. The van der Waals surface area contributed by atoms with Gasteiger partial charge >= 0.3 is 12.1 Å². The molecule has 1 aliphatic rings. The van der Waals surface area contributed by atoms with Crippen molar-refractivity contribution < 1.29 is 23.9 Å². The van der Waals surface area contributed by atoms with Gasteiger partial charge in [-0.15, -0.1) is 0 Å². The molecule has 2 aromatic rings. The van der Waals surface area contributed by atoms with Gasteiger partial charge in [0, 0.05) is 24.2 Å². The second kappa shape index (κ2) is 8.98. The summed E-state index contributed by atoms with van der Waals surface area (Å²) >= 11 is 0. The van der Waals surface area contributed by atoms with Crippen molar-refractivity contribution in [3.8, 4) is 0 Å². The molecule has 7 nitrogen and oxygen atoms in total. The predicted molar refractivity (Wildman–Crippen MR) is 112 cm³/mol. The lowest BCUT2D eigenvalue weighted by Crippen LogP contribution is -2.49. The van der Waals surface area contributed by atoms with E-state index in [0.717, 1.165) is 11.1 Å². The fourth-order valence-corrected chi connectivity index (χ4v) is 3.50. The highest BCUT2D eigenvalue weighted by atomic mass is 16.5. The highest BCUT2D eigenvalue weighted by Gasteiger charge is 2.39. The van der Waals surface area contributed by atoms with Crippen molar-refractivity contribution in [2.24, 2.45) is 5.41 Å². The number of ether oxygens (including phenoxy) is 2. The molecule has 0 atom stereocenters. The number of benzene rings is 2. The van der Waals surface area contributed by atoms with Crippen LogP contribution in [0.25, 0.3) is 0 Å². The van der Waals surface area contributed by atoms with E-state index in [2.05, 4.69) is 5.32 Å². The van der Waals surface area contributed by atoms with Gasteiger partial charge in [0.15, 0.2) is 0 Å². The quantitative estimate of drug-likeness (QED) is 0.739. The van der Waals surface area contributed by atoms with Crippen molar-refractivity contribution in [3.05, 3.63) is 65.2 Å². The van der Waals surface area contributed by atoms with E-state index in [0.29, 0.717) is 17.7 Å². The summed E-state index contributed by atoms with van der Waals surface area (Å²) in [4.78, 5) is 38.5. The molecule has 0 spiro atoms. The minimum atomic E-state index is -0.576. The molecule has 0 saturated carbocycles. The molecule has 3 rings (SSSR count). The van der Waals surface area contributed by atoms with Crippen molar-refractivity contribution in [2.75, 3.05) is 25.1 Å². The van der Waals surface area contributed by atoms with E-state index >= 15 is 0 Å². The fraction of sp³-hybridized carbons (Fsp3) is 0.348. The van der Waals surface area contributed by atoms with Gasteiger partial charge in [-0.05, 0) is 29.7 Å². The topological polar surface area (TPSA) is 84.9 Å². The fourth-order valence-electron chi connectivity index (χ4n) is 3.50. The summed E-state index contributed by atoms with van der Waals surface area (Å²) in [5.41, 5.74) is 2.34. The van der Waals surface area contributed by atoms with Gasteiger partial charge in [0.25, 0.3) is 0 Å². The second-order valence-electron chi connectivity index (χ2n) is 7.84. The van der Waals surface area contributed by atoms with Crippen LogP contribution in [0.2, 0.25) is 0 Å². The minimum absolute atomic E-state index is 0.0588. The minimum Gasteiger partial charge on any atom is -0.465 e. The Hall–Kier alpha value is -3.35. The highest BCUT2D eigenvalue weighted by Crippen LogP contribution is 2.37. The van der Waals surface area contributed by atoms with E-state index in [-0.39, 0.29) is 25.6 Å². The molecule has 1 heterocycles. The molecule has 2 amide bonds. The van der Waals surface area contributed by atoms with Crippen LogP contribution in [0.4, 0.5) is 10.5 Å². The van der Waals surface area contributed by atoms with Crippen molar-refractivity contribution in [1.29, 1.82) is 0 Å². The molecule has 7 heteroatoms. The average Bonchev–Trinajstić information content (AvgIpc) is 2.74. The normalized spacial score (nSPS) is 14.6. The third kappa shape index (κ3) is 4.79. The molecule has 0 fully saturated rings. The molecule has 2 aromatic carbocycles. The van der Waals surface area contributed by atoms with Crippen LogP contribution in [0.1, 0.15) is 35.3 Å². The van der Waals surface area contributed by atoms with E-state index in [1.165, 1.54) is 7.11 Å². The van der Waals surface area contributed by atoms with E-state index in [1.54, 1.807) is 17.0 Å². The molecule has 30 heavy (non-hydrogen) atoms. The molecule has 1 N–H and O–H groups in total. The number of rotatable bonds is 6. The van der Waals surface area contributed by atoms with Gasteiger partial charge in [0.1, 0.15) is 6.61 Å². The first-order valence-corrected chi connectivity index (χ1v) is 9.79. The van der Waals surface area contributed by atoms with Crippen LogP contribution in [0, 0.1) is 5.41 Å². The van der Waals surface area contributed by atoms with Crippen molar-refractivity contribution in [2.45, 2.75) is 26.9 Å². The number of nitrogens with one attached hydrogen (secondary N) is 1. The number of fused-ring (bicyclic) bond motifs is 1. The Morgan fingerprint density at radius 3 is 2.57 bits per heavy atom. The number of carbonyl (C=O) groups is 3. The maximum Gasteiger partial charge on any atom is 0.407 e. The van der Waals surface area contributed by atoms with Crippen LogP contribution < -0.4 is 10.2 Å². The van der Waals surface area contributed by atoms with E-state index in [4.69, 9.17) is 9.47 Å². The molecule has 158 valence electrons. The zero-order valence-corrected chi connectivity index (χ0v) is 17.4. The maximum absolute atomic E-state index is 13.0. The summed E-state index contributed by atoms with van der Waals surface area (Å²) in [6.45, 7) is 4.44. The Bertz CT molecular complexity index is 940. The van der Waals surface area contributed by atoms with Crippen molar-refractivity contribution >= 4 is 23.7 Å². The summed E-state index contributed by atoms with van der Waals surface area (Å²) in [6, 6.07) is 14.6. The van der Waals surface area contributed by atoms with Crippen LogP contribution in [0.5, 0.6) is 0 Å². The number of nitrogens with zero attached hydrogens (tertiary/aromatic N) is 1. The Morgan fingerprint density at radius 1 is 1.13 bits per heavy atom. The van der Waals surface area contributed by atoms with Crippen LogP contribution in [-0.2, 0) is 27.3 Å². The third-order valence-electron chi connectivity index (χ3n) is 5.07. The van der Waals surface area contributed by atoms with Gasteiger partial charge in [0.2, 0.25) is 5.91 Å². The summed E-state index contributed by atoms with van der Waals surface area (Å²) in [7, 11) is 1.32. The number of methoxy groups -OCH3 is 1. The lowest BCUT2D eigenvalue weighted by atomic mass is 9.80.